The Bertz CT molecular complexity index is 478. The molecule has 0 aliphatic carbocycles. The lowest BCUT2D eigenvalue weighted by molar-refractivity contribution is 0.167. The van der Waals surface area contributed by atoms with E-state index in [1.807, 2.05) is 42.1 Å². The summed E-state index contributed by atoms with van der Waals surface area (Å²) in [7, 11) is 1.97. The minimum Gasteiger partial charge on any atom is -0.388 e. The van der Waals surface area contributed by atoms with Crippen molar-refractivity contribution in [1.82, 2.24) is 9.55 Å². The van der Waals surface area contributed by atoms with Gasteiger partial charge in [-0.15, -0.1) is 0 Å². The zero-order chi connectivity index (χ0) is 12.3. The fraction of sp³-hybridized carbons (Fsp3) is 0.308. The minimum atomic E-state index is -0.431. The van der Waals surface area contributed by atoms with E-state index in [1.54, 1.807) is 6.20 Å². The molecule has 3 nitrogen and oxygen atoms in total. The van der Waals surface area contributed by atoms with Gasteiger partial charge in [-0.25, -0.2) is 4.98 Å². The van der Waals surface area contributed by atoms with Crippen LogP contribution in [0.1, 0.15) is 23.9 Å². The van der Waals surface area contributed by atoms with Gasteiger partial charge in [-0.1, -0.05) is 28.1 Å². The SMILES string of the molecule is Cn1ccnc1CCC(O)c1ccc(Br)cc1. The molecule has 0 amide bonds. The first-order valence-electron chi connectivity index (χ1n) is 5.56. The lowest BCUT2D eigenvalue weighted by Gasteiger charge is -2.10. The fourth-order valence-corrected chi connectivity index (χ4v) is 2.02. The molecule has 4 heteroatoms. The van der Waals surface area contributed by atoms with Crippen molar-refractivity contribution in [2.24, 2.45) is 7.05 Å². The summed E-state index contributed by atoms with van der Waals surface area (Å²) in [5.41, 5.74) is 0.947. The van der Waals surface area contributed by atoms with Crippen LogP contribution in [0.5, 0.6) is 0 Å². The van der Waals surface area contributed by atoms with Crippen molar-refractivity contribution in [2.75, 3.05) is 0 Å². The Morgan fingerprint density at radius 2 is 2.06 bits per heavy atom. The molecule has 0 aliphatic heterocycles. The molecular weight excluding hydrogens is 280 g/mol. The molecule has 1 N–H and O–H groups in total. The van der Waals surface area contributed by atoms with Gasteiger partial charge in [-0.2, -0.15) is 0 Å². The largest absolute Gasteiger partial charge is 0.388 e. The summed E-state index contributed by atoms with van der Waals surface area (Å²) in [6.45, 7) is 0. The van der Waals surface area contributed by atoms with E-state index in [-0.39, 0.29) is 0 Å². The molecule has 2 rings (SSSR count). The first kappa shape index (κ1) is 12.3. The second-order valence-electron chi connectivity index (χ2n) is 4.06. The molecule has 0 radical (unpaired) electrons. The molecule has 0 fully saturated rings. The van der Waals surface area contributed by atoms with Gasteiger partial charge in [-0.05, 0) is 24.1 Å². The molecule has 17 heavy (non-hydrogen) atoms. The molecule has 1 heterocycles. The molecule has 1 unspecified atom stereocenters. The highest BCUT2D eigenvalue weighted by atomic mass is 79.9. The van der Waals surface area contributed by atoms with E-state index in [2.05, 4.69) is 20.9 Å². The number of rotatable bonds is 4. The summed E-state index contributed by atoms with van der Waals surface area (Å²) in [6, 6.07) is 7.76. The predicted molar refractivity (Wildman–Crippen MR) is 70.6 cm³/mol. The van der Waals surface area contributed by atoms with E-state index < -0.39 is 6.10 Å². The monoisotopic (exact) mass is 294 g/mol. The Kier molecular flexibility index (Phi) is 3.97. The number of aromatic nitrogens is 2. The van der Waals surface area contributed by atoms with E-state index in [0.717, 1.165) is 22.3 Å². The normalized spacial score (nSPS) is 12.6. The Morgan fingerprint density at radius 3 is 2.65 bits per heavy atom. The summed E-state index contributed by atoms with van der Waals surface area (Å²) in [6.07, 6.45) is 4.73. The Labute approximate surface area is 109 Å². The highest BCUT2D eigenvalue weighted by Gasteiger charge is 2.09. The molecular formula is C13H15BrN2O. The van der Waals surface area contributed by atoms with Crippen LogP contribution in [-0.2, 0) is 13.5 Å². The highest BCUT2D eigenvalue weighted by Crippen LogP contribution is 2.20. The number of halogens is 1. The third-order valence-electron chi connectivity index (χ3n) is 2.82. The van der Waals surface area contributed by atoms with Crippen molar-refractivity contribution in [3.8, 4) is 0 Å². The maximum atomic E-state index is 10.0. The van der Waals surface area contributed by atoms with E-state index in [9.17, 15) is 5.11 Å². The van der Waals surface area contributed by atoms with Crippen LogP contribution in [0.15, 0.2) is 41.1 Å². The standard InChI is InChI=1S/C13H15BrN2O/c1-16-9-8-15-13(16)7-6-12(17)10-2-4-11(14)5-3-10/h2-5,8-9,12,17H,6-7H2,1H3. The van der Waals surface area contributed by atoms with Crippen LogP contribution < -0.4 is 0 Å². The summed E-state index contributed by atoms with van der Waals surface area (Å²) in [4.78, 5) is 4.24. The Morgan fingerprint density at radius 1 is 1.35 bits per heavy atom. The van der Waals surface area contributed by atoms with Gasteiger partial charge in [0, 0.05) is 30.3 Å². The number of hydrogen-bond donors (Lipinski definition) is 1. The molecule has 0 spiro atoms. The minimum absolute atomic E-state index is 0.431. The number of aryl methyl sites for hydroxylation is 2. The van der Waals surface area contributed by atoms with Gasteiger partial charge in [0.15, 0.2) is 0 Å². The van der Waals surface area contributed by atoms with E-state index in [0.29, 0.717) is 6.42 Å². The van der Waals surface area contributed by atoms with Gasteiger partial charge < -0.3 is 9.67 Å². The van der Waals surface area contributed by atoms with E-state index in [1.165, 1.54) is 0 Å². The first-order chi connectivity index (χ1) is 8.16. The van der Waals surface area contributed by atoms with Crippen LogP contribution >= 0.6 is 15.9 Å². The van der Waals surface area contributed by atoms with Crippen LogP contribution in [0.25, 0.3) is 0 Å². The number of aliphatic hydroxyl groups excluding tert-OH is 1. The molecule has 2 aromatic rings. The van der Waals surface area contributed by atoms with Gasteiger partial charge in [0.25, 0.3) is 0 Å². The molecule has 0 aliphatic rings. The zero-order valence-electron chi connectivity index (χ0n) is 9.68. The smallest absolute Gasteiger partial charge is 0.108 e. The first-order valence-corrected chi connectivity index (χ1v) is 6.36. The van der Waals surface area contributed by atoms with E-state index >= 15 is 0 Å². The van der Waals surface area contributed by atoms with Crippen LogP contribution in [0, 0.1) is 0 Å². The molecule has 1 aromatic carbocycles. The van der Waals surface area contributed by atoms with Crippen LogP contribution in [0.4, 0.5) is 0 Å². The van der Waals surface area contributed by atoms with Gasteiger partial charge in [-0.3, -0.25) is 0 Å². The summed E-state index contributed by atoms with van der Waals surface area (Å²) in [5, 5.41) is 10.0. The lowest BCUT2D eigenvalue weighted by Crippen LogP contribution is -2.03. The number of hydrogen-bond acceptors (Lipinski definition) is 2. The Balaban J connectivity index is 1.95. The van der Waals surface area contributed by atoms with Crippen LogP contribution in [-0.4, -0.2) is 14.7 Å². The second kappa shape index (κ2) is 5.47. The quantitative estimate of drug-likeness (QED) is 0.942. The summed E-state index contributed by atoms with van der Waals surface area (Å²) < 4.78 is 3.01. The third kappa shape index (κ3) is 3.17. The molecule has 0 bridgehead atoms. The maximum Gasteiger partial charge on any atom is 0.108 e. The van der Waals surface area contributed by atoms with Gasteiger partial charge >= 0.3 is 0 Å². The average Bonchev–Trinajstić information content (AvgIpc) is 2.73. The molecule has 1 atom stereocenters. The topological polar surface area (TPSA) is 38.0 Å². The second-order valence-corrected chi connectivity index (χ2v) is 4.98. The van der Waals surface area contributed by atoms with Gasteiger partial charge in [0.1, 0.15) is 5.82 Å². The van der Waals surface area contributed by atoms with E-state index in [4.69, 9.17) is 0 Å². The summed E-state index contributed by atoms with van der Waals surface area (Å²) >= 11 is 3.38. The average molecular weight is 295 g/mol. The molecule has 90 valence electrons. The van der Waals surface area contributed by atoms with Crippen molar-refractivity contribution < 1.29 is 5.11 Å². The summed E-state index contributed by atoms with van der Waals surface area (Å²) in [5.74, 6) is 1.00. The van der Waals surface area contributed by atoms with Gasteiger partial charge in [0.05, 0.1) is 6.10 Å². The number of benzene rings is 1. The molecule has 1 aromatic heterocycles. The lowest BCUT2D eigenvalue weighted by atomic mass is 10.1. The van der Waals surface area contributed by atoms with Crippen LogP contribution in [0.2, 0.25) is 0 Å². The zero-order valence-corrected chi connectivity index (χ0v) is 11.3. The number of imidazole rings is 1. The number of aliphatic hydroxyl groups is 1. The highest BCUT2D eigenvalue weighted by molar-refractivity contribution is 9.10. The van der Waals surface area contributed by atoms with Gasteiger partial charge in [0.2, 0.25) is 0 Å². The third-order valence-corrected chi connectivity index (χ3v) is 3.35. The fourth-order valence-electron chi connectivity index (χ4n) is 1.75. The maximum absolute atomic E-state index is 10.0. The van der Waals surface area contributed by atoms with Crippen molar-refractivity contribution in [2.45, 2.75) is 18.9 Å². The van der Waals surface area contributed by atoms with Crippen molar-refractivity contribution >= 4 is 15.9 Å². The van der Waals surface area contributed by atoms with Crippen molar-refractivity contribution in [3.63, 3.8) is 0 Å². The van der Waals surface area contributed by atoms with Crippen molar-refractivity contribution in [3.05, 3.63) is 52.5 Å². The van der Waals surface area contributed by atoms with Crippen molar-refractivity contribution in [1.29, 1.82) is 0 Å². The predicted octanol–water partition coefficient (Wildman–Crippen LogP) is 2.85. The number of nitrogens with zero attached hydrogens (tertiary/aromatic N) is 2. The molecule has 0 saturated carbocycles. The van der Waals surface area contributed by atoms with Crippen LogP contribution in [0.3, 0.4) is 0 Å². The Hall–Kier alpha value is -1.13. The molecule has 0 saturated heterocycles.